The fourth-order valence-corrected chi connectivity index (χ4v) is 3.39. The van der Waals surface area contributed by atoms with Gasteiger partial charge in [-0.25, -0.2) is 0 Å². The van der Waals surface area contributed by atoms with Crippen molar-refractivity contribution in [3.05, 3.63) is 48.6 Å². The number of benzene rings is 1. The van der Waals surface area contributed by atoms with Crippen LogP contribution in [0.25, 0.3) is 0 Å². The zero-order chi connectivity index (χ0) is 16.0. The van der Waals surface area contributed by atoms with E-state index in [9.17, 15) is 9.59 Å². The lowest BCUT2D eigenvalue weighted by Gasteiger charge is -2.37. The average Bonchev–Trinajstić information content (AvgIpc) is 2.50. The molecule has 0 N–H and O–H groups in total. The molecule has 22 heavy (non-hydrogen) atoms. The van der Waals surface area contributed by atoms with E-state index in [1.165, 1.54) is 6.92 Å². The van der Waals surface area contributed by atoms with Gasteiger partial charge >= 0.3 is 5.97 Å². The Morgan fingerprint density at radius 2 is 2.09 bits per heavy atom. The van der Waals surface area contributed by atoms with E-state index >= 15 is 0 Å². The maximum Gasteiger partial charge on any atom is 0.303 e. The number of carbonyl (C=O) groups is 2. The number of hydrogen-bond donors (Lipinski definition) is 0. The highest BCUT2D eigenvalue weighted by Gasteiger charge is 2.41. The molecular weight excluding hydrogens is 276 g/mol. The highest BCUT2D eigenvalue weighted by atomic mass is 16.5. The van der Waals surface area contributed by atoms with Gasteiger partial charge in [0, 0.05) is 25.2 Å². The summed E-state index contributed by atoms with van der Waals surface area (Å²) < 4.78 is 5.30. The molecule has 118 valence electrons. The summed E-state index contributed by atoms with van der Waals surface area (Å²) in [7, 11) is 0. The predicted octanol–water partition coefficient (Wildman–Crippen LogP) is 3.87. The van der Waals surface area contributed by atoms with Gasteiger partial charge < -0.3 is 4.74 Å². The van der Waals surface area contributed by atoms with Crippen LogP contribution in [0, 0.1) is 5.41 Å². The number of esters is 1. The first kappa shape index (κ1) is 16.5. The normalized spacial score (nSPS) is 22.9. The van der Waals surface area contributed by atoms with Crippen LogP contribution in [-0.2, 0) is 20.7 Å². The van der Waals surface area contributed by atoms with Crippen molar-refractivity contribution in [1.29, 1.82) is 0 Å². The van der Waals surface area contributed by atoms with Crippen molar-refractivity contribution < 1.29 is 14.3 Å². The van der Waals surface area contributed by atoms with Gasteiger partial charge in [0.15, 0.2) is 0 Å². The second kappa shape index (κ2) is 7.39. The summed E-state index contributed by atoms with van der Waals surface area (Å²) in [5.74, 6) is -0.0374. The van der Waals surface area contributed by atoms with Gasteiger partial charge in [0.05, 0.1) is 0 Å². The second-order valence-electron chi connectivity index (χ2n) is 6.16. The zero-order valence-corrected chi connectivity index (χ0v) is 13.2. The molecule has 1 aromatic carbocycles. The molecule has 0 radical (unpaired) electrons. The zero-order valence-electron chi connectivity index (χ0n) is 13.2. The minimum Gasteiger partial charge on any atom is -0.458 e. The fourth-order valence-electron chi connectivity index (χ4n) is 3.39. The van der Waals surface area contributed by atoms with Crippen LogP contribution in [0.4, 0.5) is 0 Å². The number of hydrogen-bond acceptors (Lipinski definition) is 3. The molecule has 1 aliphatic rings. The van der Waals surface area contributed by atoms with Crippen LogP contribution in [0.2, 0.25) is 0 Å². The first-order valence-corrected chi connectivity index (χ1v) is 7.93. The standard InChI is InChI=1S/C19H24O3/c1-3-17(22-15(2)20)14-19(12-8-7-11-18(19)21)13-16-9-5-4-6-10-16/h3-6,9-10,17H,1,7-8,11-14H2,2H3/t17-,19-/m1/s1. The highest BCUT2D eigenvalue weighted by molar-refractivity contribution is 5.86. The van der Waals surface area contributed by atoms with E-state index < -0.39 is 11.5 Å². The van der Waals surface area contributed by atoms with Gasteiger partial charge in [0.25, 0.3) is 0 Å². The number of carbonyl (C=O) groups excluding carboxylic acids is 2. The van der Waals surface area contributed by atoms with Gasteiger partial charge in [-0.15, -0.1) is 0 Å². The molecule has 0 bridgehead atoms. The molecule has 1 aliphatic carbocycles. The summed E-state index contributed by atoms with van der Waals surface area (Å²) >= 11 is 0. The van der Waals surface area contributed by atoms with Crippen LogP contribution in [0.5, 0.6) is 0 Å². The van der Waals surface area contributed by atoms with Crippen LogP contribution in [0.1, 0.15) is 44.6 Å². The molecule has 0 spiro atoms. The predicted molar refractivity (Wildman–Crippen MR) is 86.4 cm³/mol. The number of Topliss-reactive ketones (excluding diaryl/α,β-unsaturated/α-hetero) is 1. The van der Waals surface area contributed by atoms with Crippen molar-refractivity contribution in [2.24, 2.45) is 5.41 Å². The summed E-state index contributed by atoms with van der Waals surface area (Å²) in [5, 5.41) is 0. The number of ether oxygens (including phenoxy) is 1. The maximum absolute atomic E-state index is 12.7. The van der Waals surface area contributed by atoms with Crippen LogP contribution in [0.15, 0.2) is 43.0 Å². The molecule has 0 amide bonds. The van der Waals surface area contributed by atoms with Gasteiger partial charge in [0.1, 0.15) is 11.9 Å². The van der Waals surface area contributed by atoms with E-state index in [1.54, 1.807) is 6.08 Å². The van der Waals surface area contributed by atoms with Crippen molar-refractivity contribution >= 4 is 11.8 Å². The molecule has 1 fully saturated rings. The lowest BCUT2D eigenvalue weighted by molar-refractivity contribution is -0.148. The van der Waals surface area contributed by atoms with E-state index in [2.05, 4.69) is 18.7 Å². The lowest BCUT2D eigenvalue weighted by atomic mass is 9.66. The Morgan fingerprint density at radius 3 is 2.68 bits per heavy atom. The monoisotopic (exact) mass is 300 g/mol. The average molecular weight is 300 g/mol. The van der Waals surface area contributed by atoms with Crippen molar-refractivity contribution in [1.82, 2.24) is 0 Å². The second-order valence-corrected chi connectivity index (χ2v) is 6.16. The summed E-state index contributed by atoms with van der Waals surface area (Å²) in [6, 6.07) is 10.1. The minimum absolute atomic E-state index is 0.293. The van der Waals surface area contributed by atoms with Crippen molar-refractivity contribution in [3.8, 4) is 0 Å². The molecule has 3 heteroatoms. The van der Waals surface area contributed by atoms with Crippen LogP contribution in [-0.4, -0.2) is 17.9 Å². The topological polar surface area (TPSA) is 43.4 Å². The molecule has 0 aliphatic heterocycles. The molecule has 2 rings (SSSR count). The molecule has 0 unspecified atom stereocenters. The van der Waals surface area contributed by atoms with Gasteiger partial charge in [-0.2, -0.15) is 0 Å². The molecule has 0 aromatic heterocycles. The van der Waals surface area contributed by atoms with Crippen LogP contribution in [0.3, 0.4) is 0 Å². The van der Waals surface area contributed by atoms with Gasteiger partial charge in [-0.3, -0.25) is 9.59 Å². The Bertz CT molecular complexity index is 535. The fraction of sp³-hybridized carbons (Fsp3) is 0.474. The van der Waals surface area contributed by atoms with E-state index in [-0.39, 0.29) is 5.97 Å². The van der Waals surface area contributed by atoms with Crippen LogP contribution < -0.4 is 0 Å². The first-order valence-electron chi connectivity index (χ1n) is 7.93. The number of ketones is 1. The third kappa shape index (κ3) is 4.06. The third-order valence-electron chi connectivity index (χ3n) is 4.46. The minimum atomic E-state index is -0.437. The summed E-state index contributed by atoms with van der Waals surface area (Å²) in [4.78, 5) is 23.9. The SMILES string of the molecule is C=C[C@H](C[C@]1(Cc2ccccc2)CCCCC1=O)OC(C)=O. The quantitative estimate of drug-likeness (QED) is 0.592. The summed E-state index contributed by atoms with van der Waals surface area (Å²) in [5.41, 5.74) is 0.719. The smallest absolute Gasteiger partial charge is 0.303 e. The van der Waals surface area contributed by atoms with Crippen molar-refractivity contribution in [2.45, 2.75) is 51.6 Å². The summed E-state index contributed by atoms with van der Waals surface area (Å²) in [6.07, 6.45) is 5.95. The Labute approximate surface area is 132 Å². The van der Waals surface area contributed by atoms with E-state index in [1.807, 2.05) is 18.2 Å². The van der Waals surface area contributed by atoms with Gasteiger partial charge in [0.2, 0.25) is 0 Å². The Kier molecular flexibility index (Phi) is 5.53. The molecule has 1 aromatic rings. The lowest BCUT2D eigenvalue weighted by Crippen LogP contribution is -2.40. The molecular formula is C19H24O3. The Morgan fingerprint density at radius 1 is 1.36 bits per heavy atom. The van der Waals surface area contributed by atoms with Crippen LogP contribution >= 0.6 is 0 Å². The maximum atomic E-state index is 12.7. The van der Waals surface area contributed by atoms with Gasteiger partial charge in [-0.1, -0.05) is 49.4 Å². The Balaban J connectivity index is 2.23. The largest absolute Gasteiger partial charge is 0.458 e. The summed E-state index contributed by atoms with van der Waals surface area (Å²) in [6.45, 7) is 5.15. The van der Waals surface area contributed by atoms with Crippen molar-refractivity contribution in [3.63, 3.8) is 0 Å². The van der Waals surface area contributed by atoms with E-state index in [4.69, 9.17) is 4.74 Å². The third-order valence-corrected chi connectivity index (χ3v) is 4.46. The molecule has 1 saturated carbocycles. The molecule has 0 saturated heterocycles. The highest BCUT2D eigenvalue weighted by Crippen LogP contribution is 2.41. The van der Waals surface area contributed by atoms with Crippen molar-refractivity contribution in [2.75, 3.05) is 0 Å². The van der Waals surface area contributed by atoms with E-state index in [0.29, 0.717) is 25.0 Å². The molecule has 0 heterocycles. The molecule has 2 atom stereocenters. The van der Waals surface area contributed by atoms with Gasteiger partial charge in [-0.05, 0) is 24.8 Å². The Hall–Kier alpha value is -1.90. The molecule has 3 nitrogen and oxygen atoms in total. The van der Waals surface area contributed by atoms with E-state index in [0.717, 1.165) is 24.8 Å². The first-order chi connectivity index (χ1) is 10.6. The number of rotatable bonds is 6.